The highest BCUT2D eigenvalue weighted by molar-refractivity contribution is 9.10. The number of halogens is 11. The number of amidine groups is 3. The van der Waals surface area contributed by atoms with Crippen molar-refractivity contribution in [2.24, 2.45) is 32.7 Å². The van der Waals surface area contributed by atoms with Crippen LogP contribution in [-0.2, 0) is 43.0 Å². The predicted octanol–water partition coefficient (Wildman–Crippen LogP) is 12.5. The molecule has 0 bridgehead atoms. The van der Waals surface area contributed by atoms with Gasteiger partial charge in [0.15, 0.2) is 32.5 Å². The van der Waals surface area contributed by atoms with E-state index in [1.54, 1.807) is 55.5 Å². The summed E-state index contributed by atoms with van der Waals surface area (Å²) >= 11 is 23.1. The molecule has 0 spiro atoms. The van der Waals surface area contributed by atoms with E-state index >= 15 is 0 Å². The largest absolute Gasteiger partial charge is 0.481 e. The van der Waals surface area contributed by atoms with Crippen molar-refractivity contribution in [2.45, 2.75) is 56.9 Å². The molecule has 12 rings (SSSR count). The molecule has 4 unspecified atom stereocenters. The van der Waals surface area contributed by atoms with Crippen molar-refractivity contribution in [1.82, 2.24) is 45.6 Å². The van der Waals surface area contributed by atoms with Gasteiger partial charge in [-0.1, -0.05) is 57.3 Å². The van der Waals surface area contributed by atoms with Crippen LogP contribution in [0.2, 0.25) is 10.0 Å². The third-order valence-corrected chi connectivity index (χ3v) is 24.8. The summed E-state index contributed by atoms with van der Waals surface area (Å²) in [7, 11) is 0. The summed E-state index contributed by atoms with van der Waals surface area (Å²) in [6, 6.07) is 8.84. The molecule has 0 saturated carbocycles. The Morgan fingerprint density at radius 1 is 0.522 bits per heavy atom. The van der Waals surface area contributed by atoms with E-state index in [1.807, 2.05) is 4.90 Å². The maximum atomic E-state index is 14.8. The molecule has 6 aliphatic heterocycles. The van der Waals surface area contributed by atoms with Crippen molar-refractivity contribution in [2.75, 3.05) is 113 Å². The lowest BCUT2D eigenvalue weighted by atomic mass is 9.95. The number of aliphatic imine (C=N–C) groups is 3. The Labute approximate surface area is 685 Å². The Hall–Kier alpha value is -7.57. The van der Waals surface area contributed by atoms with E-state index < -0.39 is 114 Å². The zero-order valence-electron chi connectivity index (χ0n) is 60.1. The molecule has 41 heteroatoms. The normalized spacial score (nSPS) is 21.5. The van der Waals surface area contributed by atoms with E-state index in [4.69, 9.17) is 62.7 Å². The molecule has 9 heterocycles. The maximum Gasteiger partial charge on any atom is 0.338 e. The van der Waals surface area contributed by atoms with Crippen LogP contribution in [0.3, 0.4) is 0 Å². The lowest BCUT2D eigenvalue weighted by Gasteiger charge is -2.29. The number of ether oxygens (including phenoxy) is 3. The lowest BCUT2D eigenvalue weighted by Crippen LogP contribution is -2.39. The number of carboxylic acids is 3. The van der Waals surface area contributed by atoms with Crippen LogP contribution in [0.5, 0.6) is 0 Å². The number of likely N-dealkylation sites (tertiary alicyclic amines) is 3. The van der Waals surface area contributed by atoms with Crippen molar-refractivity contribution in [3.8, 4) is 0 Å². The van der Waals surface area contributed by atoms with E-state index in [1.165, 1.54) is 98.0 Å². The summed E-state index contributed by atoms with van der Waals surface area (Å²) < 4.78 is 132. The number of nitrogens with one attached hydrogen (secondary N) is 3. The maximum absolute atomic E-state index is 14.8. The topological polar surface area (TPSA) is 312 Å². The summed E-state index contributed by atoms with van der Waals surface area (Å²) in [6.07, 6.45) is 3.67. The van der Waals surface area contributed by atoms with Crippen LogP contribution < -0.4 is 16.0 Å². The van der Waals surface area contributed by atoms with Crippen molar-refractivity contribution in [3.63, 3.8) is 0 Å². The minimum atomic E-state index is -3.04. The number of alkyl halides is 5. The Kier molecular flexibility index (Phi) is 31.3. The zero-order valence-corrected chi connectivity index (χ0v) is 68.1. The average Bonchev–Trinajstić information content (AvgIpc) is 1.71. The molecule has 0 amide bonds. The number of rotatable bonds is 30. The SMILES string of the molecule is CCOC(=O)C1=C(CN2CC(CSCC(=O)O)C(F)(F)C2)NC(c2nccs2)=N[C@H]1c1ccc(F)cc1Br.CCOC(=O)C1=C(CN2CC(CSCC(=O)O)C(F)(F)C2)NC(c2nccs2)=N[C@H]1c1ccc(F)cc1Cl.CCOC(=O)C1=C(CN2CC(F)C(CSCC(=O)O)C2)NC(c2nccs2)=N[C@H]1c1ccc(F)cc1Cl. The first-order valence-corrected chi connectivity index (χ1v) is 42.3. The van der Waals surface area contributed by atoms with Crippen LogP contribution in [0.4, 0.5) is 35.1 Å². The van der Waals surface area contributed by atoms with E-state index in [-0.39, 0.29) is 121 Å². The highest BCUT2D eigenvalue weighted by atomic mass is 79.9. The van der Waals surface area contributed by atoms with Crippen molar-refractivity contribution >= 4 is 162 Å². The molecule has 7 atom stereocenters. The minimum absolute atomic E-state index is 0.00734. The molecule has 6 N–H and O–H groups in total. The highest BCUT2D eigenvalue weighted by Crippen LogP contribution is 2.44. The number of benzene rings is 3. The molecule has 3 saturated heterocycles. The van der Waals surface area contributed by atoms with Crippen LogP contribution in [0.25, 0.3) is 0 Å². The number of carboxylic acid groups (broad SMARTS) is 3. The van der Waals surface area contributed by atoms with Crippen LogP contribution >= 0.6 is 108 Å². The van der Waals surface area contributed by atoms with Gasteiger partial charge in [0.25, 0.3) is 11.8 Å². The molecule has 24 nitrogen and oxygen atoms in total. The van der Waals surface area contributed by atoms with Gasteiger partial charge >= 0.3 is 35.8 Å². The van der Waals surface area contributed by atoms with Gasteiger partial charge in [-0.2, -0.15) is 0 Å². The molecule has 3 fully saturated rings. The van der Waals surface area contributed by atoms with Gasteiger partial charge in [0, 0.05) is 158 Å². The number of esters is 3. The lowest BCUT2D eigenvalue weighted by molar-refractivity contribution is -0.139. The third kappa shape index (κ3) is 23.2. The summed E-state index contributed by atoms with van der Waals surface area (Å²) in [4.78, 5) is 104. The van der Waals surface area contributed by atoms with Gasteiger partial charge in [-0.3, -0.25) is 44.1 Å². The first-order chi connectivity index (χ1) is 53.9. The smallest absolute Gasteiger partial charge is 0.338 e. The van der Waals surface area contributed by atoms with E-state index in [2.05, 4.69) is 51.8 Å². The van der Waals surface area contributed by atoms with E-state index in [9.17, 15) is 63.9 Å². The number of hydrogen-bond acceptors (Lipinski definition) is 27. The number of hydrogen-bond donors (Lipinski definition) is 6. The Morgan fingerprint density at radius 2 is 0.867 bits per heavy atom. The van der Waals surface area contributed by atoms with E-state index in [0.29, 0.717) is 83.1 Å². The number of aromatic nitrogens is 3. The first-order valence-electron chi connectivity index (χ1n) is 34.7. The van der Waals surface area contributed by atoms with Gasteiger partial charge in [-0.15, -0.1) is 69.3 Å². The van der Waals surface area contributed by atoms with Crippen LogP contribution in [0.15, 0.2) is 143 Å². The average molecular weight is 1790 g/mol. The fourth-order valence-corrected chi connectivity index (χ4v) is 18.5. The molecule has 113 heavy (non-hydrogen) atoms. The standard InChI is InChI=1S/C24H24BrF3N4O4S2.C24H24ClF3N4O4S2.C24H25ClF2N4O4S2/c2*1-2-36-23(35)19-17(9-32-8-13(24(27,28)12-32)10-37-11-18(33)34)30-21(22-29-5-6-38-22)31-20(19)15-4-3-14(26)7-16(15)25;1-2-35-24(34)20-18(10-31-8-13(17(27)9-31)11-36-12-19(32)33)29-22(23-28-5-6-37-23)30-21(20)15-4-3-14(26)7-16(15)25/h2*3-7,13,20H,2,8-12H2,1H3,(H,30,31)(H,33,34);3-7,13,17,21H,2,8-12H2,1H3,(H,29,30)(H,32,33)/t2*13?,20-;13?,17?,21-/m000/s1. The molecule has 6 aliphatic rings. The first kappa shape index (κ1) is 87.8. The molecule has 606 valence electrons. The van der Waals surface area contributed by atoms with Crippen molar-refractivity contribution in [1.29, 1.82) is 0 Å². The Balaban J connectivity index is 0.000000180. The van der Waals surface area contributed by atoms with E-state index in [0.717, 1.165) is 35.7 Å². The second kappa shape index (κ2) is 40.3. The monoisotopic (exact) mass is 1790 g/mol. The van der Waals surface area contributed by atoms with Gasteiger partial charge in [0.05, 0.1) is 66.9 Å². The van der Waals surface area contributed by atoms with Gasteiger partial charge in [-0.25, -0.2) is 64.5 Å². The predicted molar refractivity (Wildman–Crippen MR) is 421 cm³/mol. The van der Waals surface area contributed by atoms with Gasteiger partial charge in [0.2, 0.25) is 0 Å². The quantitative estimate of drug-likeness (QED) is 0.0139. The second-order valence-electron chi connectivity index (χ2n) is 25.8. The number of aliphatic carboxylic acids is 3. The molecule has 3 aromatic carbocycles. The summed E-state index contributed by atoms with van der Waals surface area (Å²) in [5.74, 6) is -14.3. The van der Waals surface area contributed by atoms with Gasteiger partial charge in [-0.05, 0) is 62.7 Å². The van der Waals surface area contributed by atoms with Crippen molar-refractivity contribution < 1.29 is 93.4 Å². The second-order valence-corrected chi connectivity index (χ2v) is 33.3. The van der Waals surface area contributed by atoms with Crippen LogP contribution in [-0.4, -0.2) is 230 Å². The highest BCUT2D eigenvalue weighted by Gasteiger charge is 2.50. The number of thiazole rings is 3. The number of nitrogens with zero attached hydrogens (tertiary/aromatic N) is 9. The van der Waals surface area contributed by atoms with Gasteiger partial charge < -0.3 is 45.5 Å². The molecule has 0 radical (unpaired) electrons. The summed E-state index contributed by atoms with van der Waals surface area (Å²) in [5.41, 5.74) is 2.77. The third-order valence-electron chi connectivity index (χ3n) is 17.8. The van der Waals surface area contributed by atoms with Crippen molar-refractivity contribution in [3.05, 3.63) is 187 Å². The van der Waals surface area contributed by atoms with Crippen LogP contribution in [0, 0.1) is 35.2 Å². The Morgan fingerprint density at radius 3 is 1.20 bits per heavy atom. The summed E-state index contributed by atoms with van der Waals surface area (Å²) in [5, 5.41) is 43.0. The molecule has 0 aliphatic carbocycles. The fourth-order valence-electron chi connectivity index (χ4n) is 12.9. The van der Waals surface area contributed by atoms with Gasteiger partial charge in [0.1, 0.15) is 41.7 Å². The number of carbonyl (C=O) groups is 6. The van der Waals surface area contributed by atoms with Crippen LogP contribution in [0.1, 0.15) is 70.6 Å². The zero-order chi connectivity index (χ0) is 81.4. The molecular weight excluding hydrogens is 1720 g/mol. The summed E-state index contributed by atoms with van der Waals surface area (Å²) in [6.45, 7) is 4.73. The Bertz CT molecular complexity index is 4440. The molecule has 3 aromatic heterocycles. The number of carbonyl (C=O) groups excluding carboxylic acids is 3. The molecule has 6 aromatic rings. The molecular formula is C72H73BrCl2F8N12O12S6. The fraction of sp³-hybridized carbons (Fsp3) is 0.417. The minimum Gasteiger partial charge on any atom is -0.481 e. The number of thioether (sulfide) groups is 3.